The zero-order chi connectivity index (χ0) is 18.5. The average Bonchev–Trinajstić information content (AvgIpc) is 3.08. The highest BCUT2D eigenvalue weighted by Gasteiger charge is 2.19. The lowest BCUT2D eigenvalue weighted by atomic mass is 10.2. The molecular weight excluding hydrogens is 328 g/mol. The van der Waals surface area contributed by atoms with Crippen molar-refractivity contribution < 1.29 is 9.53 Å². The average molecular weight is 354 g/mol. The van der Waals surface area contributed by atoms with Crippen molar-refractivity contribution in [3.8, 4) is 5.75 Å². The van der Waals surface area contributed by atoms with E-state index in [2.05, 4.69) is 20.6 Å². The number of amides is 1. The van der Waals surface area contributed by atoms with E-state index in [-0.39, 0.29) is 18.1 Å². The molecule has 138 valence electrons. The van der Waals surface area contributed by atoms with Gasteiger partial charge in [0.2, 0.25) is 5.95 Å². The lowest BCUT2D eigenvalue weighted by molar-refractivity contribution is 0.0932. The van der Waals surface area contributed by atoms with E-state index in [1.54, 1.807) is 6.07 Å². The molecule has 2 N–H and O–H groups in total. The minimum atomic E-state index is -0.133. The lowest BCUT2D eigenvalue weighted by Gasteiger charge is -2.13. The first-order valence-electron chi connectivity index (χ1n) is 9.20. The largest absolute Gasteiger partial charge is 0.491 e. The summed E-state index contributed by atoms with van der Waals surface area (Å²) in [5, 5.41) is 6.22. The predicted octanol–water partition coefficient (Wildman–Crippen LogP) is 3.99. The highest BCUT2D eigenvalue weighted by atomic mass is 16.5. The number of aryl methyl sites for hydroxylation is 1. The van der Waals surface area contributed by atoms with Crippen LogP contribution in [0.2, 0.25) is 0 Å². The van der Waals surface area contributed by atoms with Gasteiger partial charge in [-0.05, 0) is 63.9 Å². The molecule has 6 heteroatoms. The summed E-state index contributed by atoms with van der Waals surface area (Å²) in [6.07, 6.45) is 4.58. The molecule has 0 atom stereocenters. The van der Waals surface area contributed by atoms with Gasteiger partial charge in [0.05, 0.1) is 6.10 Å². The SMILES string of the molecule is Cc1cc(C(=O)NC2CCCC2)nc(Nc2ccc(OC(C)C)cc2)n1. The van der Waals surface area contributed by atoms with Gasteiger partial charge < -0.3 is 15.4 Å². The van der Waals surface area contributed by atoms with Crippen LogP contribution in [0.25, 0.3) is 0 Å². The molecule has 6 nitrogen and oxygen atoms in total. The third kappa shape index (κ3) is 4.94. The van der Waals surface area contributed by atoms with E-state index in [0.29, 0.717) is 11.6 Å². The van der Waals surface area contributed by atoms with Crippen LogP contribution in [0, 0.1) is 6.92 Å². The zero-order valence-electron chi connectivity index (χ0n) is 15.6. The van der Waals surface area contributed by atoms with Crippen LogP contribution in [0.3, 0.4) is 0 Å². The van der Waals surface area contributed by atoms with Gasteiger partial charge >= 0.3 is 0 Å². The molecule has 3 rings (SSSR count). The highest BCUT2D eigenvalue weighted by Crippen LogP contribution is 2.20. The zero-order valence-corrected chi connectivity index (χ0v) is 15.6. The molecule has 0 unspecified atom stereocenters. The normalized spacial score (nSPS) is 14.5. The van der Waals surface area contributed by atoms with E-state index in [0.717, 1.165) is 30.0 Å². The Hall–Kier alpha value is -2.63. The first-order valence-corrected chi connectivity index (χ1v) is 9.20. The van der Waals surface area contributed by atoms with Gasteiger partial charge in [-0.1, -0.05) is 12.8 Å². The summed E-state index contributed by atoms with van der Waals surface area (Å²) in [4.78, 5) is 21.2. The smallest absolute Gasteiger partial charge is 0.270 e. The predicted molar refractivity (Wildman–Crippen MR) is 102 cm³/mol. The van der Waals surface area contributed by atoms with Gasteiger partial charge in [-0.25, -0.2) is 9.97 Å². The lowest BCUT2D eigenvalue weighted by Crippen LogP contribution is -2.33. The Bertz CT molecular complexity index is 753. The Labute approximate surface area is 154 Å². The van der Waals surface area contributed by atoms with Gasteiger partial charge in [0.15, 0.2) is 0 Å². The van der Waals surface area contributed by atoms with Crippen molar-refractivity contribution in [2.24, 2.45) is 0 Å². The third-order valence-corrected chi connectivity index (χ3v) is 4.26. The van der Waals surface area contributed by atoms with Crippen LogP contribution in [0.5, 0.6) is 5.75 Å². The standard InChI is InChI=1S/C20H26N4O2/c1-13(2)26-17-10-8-16(9-11-17)23-20-21-14(3)12-18(24-20)19(25)22-15-6-4-5-7-15/h8-13,15H,4-7H2,1-3H3,(H,22,25)(H,21,23,24). The molecule has 0 aliphatic heterocycles. The summed E-state index contributed by atoms with van der Waals surface area (Å²) in [6, 6.07) is 9.58. The molecule has 0 saturated heterocycles. The molecule has 1 aromatic heterocycles. The number of rotatable bonds is 6. The monoisotopic (exact) mass is 354 g/mol. The van der Waals surface area contributed by atoms with Crippen LogP contribution in [0.15, 0.2) is 30.3 Å². The molecular formula is C20H26N4O2. The van der Waals surface area contributed by atoms with E-state index in [4.69, 9.17) is 4.74 Å². The molecule has 0 spiro atoms. The Morgan fingerprint density at radius 1 is 1.15 bits per heavy atom. The molecule has 26 heavy (non-hydrogen) atoms. The van der Waals surface area contributed by atoms with Crippen molar-refractivity contribution in [2.75, 3.05) is 5.32 Å². The van der Waals surface area contributed by atoms with Crippen molar-refractivity contribution in [1.29, 1.82) is 0 Å². The first kappa shape index (κ1) is 18.2. The topological polar surface area (TPSA) is 76.1 Å². The number of ether oxygens (including phenoxy) is 1. The van der Waals surface area contributed by atoms with Crippen LogP contribution in [0.4, 0.5) is 11.6 Å². The second-order valence-corrected chi connectivity index (χ2v) is 6.99. The minimum Gasteiger partial charge on any atom is -0.491 e. The Morgan fingerprint density at radius 3 is 2.50 bits per heavy atom. The van der Waals surface area contributed by atoms with Gasteiger partial charge in [0, 0.05) is 17.4 Å². The Morgan fingerprint density at radius 2 is 1.85 bits per heavy atom. The quantitative estimate of drug-likeness (QED) is 0.820. The molecule has 1 aliphatic carbocycles. The van der Waals surface area contributed by atoms with Crippen LogP contribution >= 0.6 is 0 Å². The molecule has 1 fully saturated rings. The van der Waals surface area contributed by atoms with Crippen LogP contribution < -0.4 is 15.4 Å². The number of anilines is 2. The Balaban J connectivity index is 1.69. The van der Waals surface area contributed by atoms with Crippen molar-refractivity contribution in [1.82, 2.24) is 15.3 Å². The number of hydrogen-bond donors (Lipinski definition) is 2. The molecule has 1 heterocycles. The minimum absolute atomic E-state index is 0.133. The second-order valence-electron chi connectivity index (χ2n) is 6.99. The van der Waals surface area contributed by atoms with Crippen LogP contribution in [0.1, 0.15) is 55.7 Å². The fourth-order valence-corrected chi connectivity index (χ4v) is 3.09. The number of benzene rings is 1. The maximum Gasteiger partial charge on any atom is 0.270 e. The van der Waals surface area contributed by atoms with E-state index in [1.165, 1.54) is 12.8 Å². The molecule has 1 aliphatic rings. The van der Waals surface area contributed by atoms with Crippen molar-refractivity contribution >= 4 is 17.5 Å². The van der Waals surface area contributed by atoms with E-state index < -0.39 is 0 Å². The second kappa shape index (κ2) is 8.17. The van der Waals surface area contributed by atoms with Crippen molar-refractivity contribution in [3.63, 3.8) is 0 Å². The number of carbonyl (C=O) groups is 1. The number of nitrogens with one attached hydrogen (secondary N) is 2. The summed E-state index contributed by atoms with van der Waals surface area (Å²) < 4.78 is 5.64. The highest BCUT2D eigenvalue weighted by molar-refractivity contribution is 5.92. The third-order valence-electron chi connectivity index (χ3n) is 4.26. The van der Waals surface area contributed by atoms with Crippen molar-refractivity contribution in [2.45, 2.75) is 58.6 Å². The molecule has 0 radical (unpaired) electrons. The molecule has 1 amide bonds. The summed E-state index contributed by atoms with van der Waals surface area (Å²) in [6.45, 7) is 5.84. The van der Waals surface area contributed by atoms with Gasteiger partial charge in [-0.2, -0.15) is 0 Å². The fraction of sp³-hybridized carbons (Fsp3) is 0.450. The number of hydrogen-bond acceptors (Lipinski definition) is 5. The molecule has 2 aromatic rings. The van der Waals surface area contributed by atoms with Gasteiger partial charge in [0.25, 0.3) is 5.91 Å². The van der Waals surface area contributed by atoms with Crippen molar-refractivity contribution in [3.05, 3.63) is 41.7 Å². The molecule has 1 saturated carbocycles. The molecule has 1 aromatic carbocycles. The van der Waals surface area contributed by atoms with E-state index in [9.17, 15) is 4.79 Å². The number of aromatic nitrogens is 2. The van der Waals surface area contributed by atoms with Crippen LogP contribution in [-0.2, 0) is 0 Å². The van der Waals surface area contributed by atoms with Gasteiger partial charge in [-0.3, -0.25) is 4.79 Å². The maximum absolute atomic E-state index is 12.5. The fourth-order valence-electron chi connectivity index (χ4n) is 3.09. The first-order chi connectivity index (χ1) is 12.5. The summed E-state index contributed by atoms with van der Waals surface area (Å²) >= 11 is 0. The van der Waals surface area contributed by atoms with Gasteiger partial charge in [-0.15, -0.1) is 0 Å². The number of nitrogens with zero attached hydrogens (tertiary/aromatic N) is 2. The Kier molecular flexibility index (Phi) is 5.71. The summed E-state index contributed by atoms with van der Waals surface area (Å²) in [5.74, 6) is 1.09. The number of carbonyl (C=O) groups excluding carboxylic acids is 1. The summed E-state index contributed by atoms with van der Waals surface area (Å²) in [5.41, 5.74) is 1.99. The van der Waals surface area contributed by atoms with E-state index >= 15 is 0 Å². The summed E-state index contributed by atoms with van der Waals surface area (Å²) in [7, 11) is 0. The van der Waals surface area contributed by atoms with Gasteiger partial charge in [0.1, 0.15) is 11.4 Å². The van der Waals surface area contributed by atoms with Crippen LogP contribution in [-0.4, -0.2) is 28.0 Å². The maximum atomic E-state index is 12.5. The van der Waals surface area contributed by atoms with E-state index in [1.807, 2.05) is 45.0 Å². The molecule has 0 bridgehead atoms.